The average Bonchev–Trinajstić information content (AvgIpc) is 2.24. The summed E-state index contributed by atoms with van der Waals surface area (Å²) in [6, 6.07) is 8.89. The molecule has 1 heteroatoms. The highest BCUT2D eigenvalue weighted by Gasteiger charge is 2.38. The Balaban J connectivity index is 2.12. The van der Waals surface area contributed by atoms with Crippen LogP contribution in [-0.4, -0.2) is 13.1 Å². The van der Waals surface area contributed by atoms with E-state index in [0.717, 1.165) is 13.1 Å². The molecule has 0 radical (unpaired) electrons. The second-order valence-electron chi connectivity index (χ2n) is 5.13. The van der Waals surface area contributed by atoms with Crippen molar-refractivity contribution < 1.29 is 0 Å². The molecule has 0 spiro atoms. The number of nitrogens with one attached hydrogen (secondary N) is 1. The maximum Gasteiger partial charge on any atom is 0.00804 e. The van der Waals surface area contributed by atoms with Gasteiger partial charge in [0.05, 0.1) is 0 Å². The van der Waals surface area contributed by atoms with E-state index >= 15 is 0 Å². The molecule has 0 unspecified atom stereocenters. The Morgan fingerprint density at radius 3 is 2.56 bits per heavy atom. The van der Waals surface area contributed by atoms with Crippen LogP contribution in [0.15, 0.2) is 24.3 Å². The molecule has 1 nitrogen and oxygen atoms in total. The van der Waals surface area contributed by atoms with Crippen molar-refractivity contribution >= 4 is 0 Å². The molecule has 0 aromatic heterocycles. The molecule has 1 saturated carbocycles. The highest BCUT2D eigenvalue weighted by atomic mass is 14.9. The molecule has 0 saturated heterocycles. The zero-order valence-electron chi connectivity index (χ0n) is 10.6. The lowest BCUT2D eigenvalue weighted by atomic mass is 9.63. The van der Waals surface area contributed by atoms with Gasteiger partial charge in [0.25, 0.3) is 0 Å². The summed E-state index contributed by atoms with van der Waals surface area (Å²) in [5, 5.41) is 3.60. The fourth-order valence-corrected chi connectivity index (χ4v) is 2.82. The molecule has 0 aliphatic heterocycles. The van der Waals surface area contributed by atoms with Crippen molar-refractivity contribution in [3.63, 3.8) is 0 Å². The Hall–Kier alpha value is -0.820. The van der Waals surface area contributed by atoms with Crippen molar-refractivity contribution in [3.05, 3.63) is 35.4 Å². The van der Waals surface area contributed by atoms with Gasteiger partial charge in [-0.25, -0.2) is 0 Å². The number of hydrogen-bond acceptors (Lipinski definition) is 1. The lowest BCUT2D eigenvalue weighted by molar-refractivity contribution is 0.233. The lowest BCUT2D eigenvalue weighted by Gasteiger charge is -2.43. The minimum absolute atomic E-state index is 0.445. The van der Waals surface area contributed by atoms with Crippen LogP contribution in [0.5, 0.6) is 0 Å². The largest absolute Gasteiger partial charge is 0.316 e. The van der Waals surface area contributed by atoms with E-state index in [-0.39, 0.29) is 0 Å². The predicted molar refractivity (Wildman–Crippen MR) is 69.9 cm³/mol. The normalized spacial score (nSPS) is 18.1. The summed E-state index contributed by atoms with van der Waals surface area (Å²) in [6.07, 6.45) is 5.33. The smallest absolute Gasteiger partial charge is 0.00804 e. The average molecular weight is 217 g/mol. The highest BCUT2D eigenvalue weighted by Crippen LogP contribution is 2.44. The summed E-state index contributed by atoms with van der Waals surface area (Å²) >= 11 is 0. The van der Waals surface area contributed by atoms with E-state index in [1.807, 2.05) is 0 Å². The first-order valence-corrected chi connectivity index (χ1v) is 6.55. The number of benzene rings is 1. The monoisotopic (exact) mass is 217 g/mol. The lowest BCUT2D eigenvalue weighted by Crippen LogP contribution is -2.44. The van der Waals surface area contributed by atoms with E-state index in [9.17, 15) is 0 Å². The minimum atomic E-state index is 0.445. The Labute approximate surface area is 99.3 Å². The van der Waals surface area contributed by atoms with Crippen molar-refractivity contribution in [2.24, 2.45) is 0 Å². The first-order chi connectivity index (χ1) is 7.78. The van der Waals surface area contributed by atoms with Crippen molar-refractivity contribution in [3.8, 4) is 0 Å². The topological polar surface area (TPSA) is 12.0 Å². The first-order valence-electron chi connectivity index (χ1n) is 6.55. The van der Waals surface area contributed by atoms with Gasteiger partial charge in [0.15, 0.2) is 0 Å². The molecule has 1 fully saturated rings. The maximum atomic E-state index is 3.60. The van der Waals surface area contributed by atoms with E-state index < -0.39 is 0 Å². The van der Waals surface area contributed by atoms with Gasteiger partial charge in [-0.2, -0.15) is 0 Å². The molecule has 0 amide bonds. The number of hydrogen-bond donors (Lipinski definition) is 1. The maximum absolute atomic E-state index is 3.60. The summed E-state index contributed by atoms with van der Waals surface area (Å²) < 4.78 is 0. The van der Waals surface area contributed by atoms with E-state index in [0.29, 0.717) is 5.41 Å². The van der Waals surface area contributed by atoms with E-state index in [2.05, 4.69) is 43.4 Å². The summed E-state index contributed by atoms with van der Waals surface area (Å²) in [5.41, 5.74) is 3.48. The van der Waals surface area contributed by atoms with Crippen LogP contribution in [0, 0.1) is 6.92 Å². The molecule has 1 aliphatic carbocycles. The first kappa shape index (κ1) is 11.7. The van der Waals surface area contributed by atoms with E-state index in [4.69, 9.17) is 0 Å². The summed E-state index contributed by atoms with van der Waals surface area (Å²) in [6.45, 7) is 6.78. The van der Waals surface area contributed by atoms with Crippen LogP contribution in [0.4, 0.5) is 0 Å². The molecular weight excluding hydrogens is 194 g/mol. The van der Waals surface area contributed by atoms with Gasteiger partial charge in [-0.1, -0.05) is 37.6 Å². The molecule has 1 aromatic carbocycles. The second-order valence-corrected chi connectivity index (χ2v) is 5.13. The molecule has 1 N–H and O–H groups in total. The van der Waals surface area contributed by atoms with Gasteiger partial charge in [-0.15, -0.1) is 0 Å². The van der Waals surface area contributed by atoms with Gasteiger partial charge in [-0.05, 0) is 43.9 Å². The number of rotatable bonds is 5. The van der Waals surface area contributed by atoms with Gasteiger partial charge in [0, 0.05) is 12.0 Å². The van der Waals surface area contributed by atoms with E-state index in [1.54, 1.807) is 5.56 Å². The molecule has 0 bridgehead atoms. The highest BCUT2D eigenvalue weighted by molar-refractivity contribution is 5.35. The van der Waals surface area contributed by atoms with Crippen LogP contribution >= 0.6 is 0 Å². The third-order valence-corrected chi connectivity index (χ3v) is 3.92. The third-order valence-electron chi connectivity index (χ3n) is 3.92. The summed E-state index contributed by atoms with van der Waals surface area (Å²) in [4.78, 5) is 0. The Bertz CT molecular complexity index is 339. The van der Waals surface area contributed by atoms with Crippen LogP contribution in [0.25, 0.3) is 0 Å². The minimum Gasteiger partial charge on any atom is -0.316 e. The Morgan fingerprint density at radius 2 is 2.00 bits per heavy atom. The molecule has 0 atom stereocenters. The number of aryl methyl sites for hydroxylation is 1. The van der Waals surface area contributed by atoms with Crippen LogP contribution in [-0.2, 0) is 5.41 Å². The SMILES string of the molecule is CCCNCC1(c2ccccc2C)CCC1. The van der Waals surface area contributed by atoms with E-state index in [1.165, 1.54) is 31.2 Å². The van der Waals surface area contributed by atoms with Crippen molar-refractivity contribution in [2.45, 2.75) is 44.9 Å². The van der Waals surface area contributed by atoms with Gasteiger partial charge in [0.2, 0.25) is 0 Å². The molecule has 1 aliphatic rings. The Morgan fingerprint density at radius 1 is 1.25 bits per heavy atom. The van der Waals surface area contributed by atoms with Crippen LogP contribution in [0.3, 0.4) is 0 Å². The molecule has 16 heavy (non-hydrogen) atoms. The zero-order chi connectivity index (χ0) is 11.4. The Kier molecular flexibility index (Phi) is 3.65. The summed E-state index contributed by atoms with van der Waals surface area (Å²) in [5.74, 6) is 0. The fourth-order valence-electron chi connectivity index (χ4n) is 2.82. The van der Waals surface area contributed by atoms with Crippen molar-refractivity contribution in [2.75, 3.05) is 13.1 Å². The standard InChI is InChI=1S/C15H23N/c1-3-11-16-12-15(9-6-10-15)14-8-5-4-7-13(14)2/h4-5,7-8,16H,3,6,9-12H2,1-2H3. The summed E-state index contributed by atoms with van der Waals surface area (Å²) in [7, 11) is 0. The van der Waals surface area contributed by atoms with Gasteiger partial charge < -0.3 is 5.32 Å². The molecule has 88 valence electrons. The predicted octanol–water partition coefficient (Wildman–Crippen LogP) is 3.42. The van der Waals surface area contributed by atoms with Crippen LogP contribution in [0.2, 0.25) is 0 Å². The van der Waals surface area contributed by atoms with Crippen LogP contribution < -0.4 is 5.32 Å². The zero-order valence-corrected chi connectivity index (χ0v) is 10.6. The van der Waals surface area contributed by atoms with Crippen molar-refractivity contribution in [1.82, 2.24) is 5.32 Å². The fraction of sp³-hybridized carbons (Fsp3) is 0.600. The quantitative estimate of drug-likeness (QED) is 0.745. The molecule has 0 heterocycles. The van der Waals surface area contributed by atoms with Gasteiger partial charge in [0.1, 0.15) is 0 Å². The van der Waals surface area contributed by atoms with Gasteiger partial charge >= 0.3 is 0 Å². The molecular formula is C15H23N. The van der Waals surface area contributed by atoms with Crippen molar-refractivity contribution in [1.29, 1.82) is 0 Å². The van der Waals surface area contributed by atoms with Gasteiger partial charge in [-0.3, -0.25) is 0 Å². The third kappa shape index (κ3) is 2.15. The molecule has 2 rings (SSSR count). The second kappa shape index (κ2) is 5.01. The molecule has 1 aromatic rings. The van der Waals surface area contributed by atoms with Crippen LogP contribution in [0.1, 0.15) is 43.7 Å².